The highest BCUT2D eigenvalue weighted by molar-refractivity contribution is 7.99. The molecule has 0 unspecified atom stereocenters. The van der Waals surface area contributed by atoms with Gasteiger partial charge < -0.3 is 9.72 Å². The summed E-state index contributed by atoms with van der Waals surface area (Å²) in [5.74, 6) is 0.280. The minimum Gasteiger partial charge on any atom is -0.468 e. The van der Waals surface area contributed by atoms with E-state index < -0.39 is 0 Å². The molecule has 1 N–H and O–H groups in total. The third kappa shape index (κ3) is 3.39. The van der Waals surface area contributed by atoms with Gasteiger partial charge in [-0.25, -0.2) is 4.98 Å². The second-order valence-corrected chi connectivity index (χ2v) is 9.01. The van der Waals surface area contributed by atoms with E-state index >= 15 is 0 Å². The molecule has 6 heteroatoms. The summed E-state index contributed by atoms with van der Waals surface area (Å²) in [5, 5.41) is 0.469. The van der Waals surface area contributed by atoms with Gasteiger partial charge in [0.25, 0.3) is 5.56 Å². The molecule has 1 fully saturated rings. The van der Waals surface area contributed by atoms with Gasteiger partial charge in [-0.15, -0.1) is 0 Å². The van der Waals surface area contributed by atoms with Crippen molar-refractivity contribution in [3.63, 3.8) is 0 Å². The van der Waals surface area contributed by atoms with E-state index in [-0.39, 0.29) is 22.7 Å². The van der Waals surface area contributed by atoms with E-state index in [1.54, 1.807) is 0 Å². The number of thioether (sulfide) groups is 1. The molecular formula is C22H26N2O3S. The van der Waals surface area contributed by atoms with Crippen LogP contribution in [0.5, 0.6) is 0 Å². The quantitative estimate of drug-likeness (QED) is 0.477. The van der Waals surface area contributed by atoms with Crippen LogP contribution < -0.4 is 5.56 Å². The van der Waals surface area contributed by atoms with Gasteiger partial charge >= 0.3 is 5.97 Å². The maximum Gasteiger partial charge on any atom is 0.316 e. The Morgan fingerprint density at radius 3 is 2.79 bits per heavy atom. The van der Waals surface area contributed by atoms with Gasteiger partial charge in [0.2, 0.25) is 0 Å². The number of fused-ring (bicyclic) bond motifs is 3. The summed E-state index contributed by atoms with van der Waals surface area (Å²) in [5.41, 5.74) is 3.62. The van der Waals surface area contributed by atoms with E-state index in [4.69, 9.17) is 9.72 Å². The molecule has 1 aromatic carbocycles. The van der Waals surface area contributed by atoms with Gasteiger partial charge in [-0.1, -0.05) is 62.2 Å². The van der Waals surface area contributed by atoms with E-state index in [9.17, 15) is 9.59 Å². The van der Waals surface area contributed by atoms with Crippen molar-refractivity contribution in [3.8, 4) is 11.3 Å². The molecule has 2 aliphatic rings. The van der Waals surface area contributed by atoms with Gasteiger partial charge in [0, 0.05) is 11.0 Å². The van der Waals surface area contributed by atoms with Crippen LogP contribution in [0.15, 0.2) is 34.2 Å². The summed E-state index contributed by atoms with van der Waals surface area (Å²) < 4.78 is 4.70. The molecule has 1 heterocycles. The minimum absolute atomic E-state index is 0.0695. The van der Waals surface area contributed by atoms with Crippen molar-refractivity contribution < 1.29 is 9.53 Å². The number of aromatic amines is 1. The first-order valence-electron chi connectivity index (χ1n) is 9.95. The van der Waals surface area contributed by atoms with E-state index in [1.807, 2.05) is 6.07 Å². The van der Waals surface area contributed by atoms with Crippen LogP contribution >= 0.6 is 11.8 Å². The average molecular weight is 399 g/mol. The number of benzene rings is 1. The number of carbonyl (C=O) groups excluding carboxylic acids is 1. The van der Waals surface area contributed by atoms with Gasteiger partial charge in [0.05, 0.1) is 24.1 Å². The molecule has 5 nitrogen and oxygen atoms in total. The van der Waals surface area contributed by atoms with Crippen molar-refractivity contribution in [1.29, 1.82) is 0 Å². The lowest BCUT2D eigenvalue weighted by molar-refractivity contribution is -0.137. The molecule has 0 spiro atoms. The Hall–Kier alpha value is -2.08. The number of H-pyrrole nitrogens is 1. The predicted molar refractivity (Wildman–Crippen MR) is 111 cm³/mol. The van der Waals surface area contributed by atoms with E-state index in [0.29, 0.717) is 11.1 Å². The lowest BCUT2D eigenvalue weighted by Crippen LogP contribution is -2.43. The zero-order valence-electron chi connectivity index (χ0n) is 16.4. The zero-order valence-corrected chi connectivity index (χ0v) is 17.2. The number of aromatic nitrogens is 2. The summed E-state index contributed by atoms with van der Waals surface area (Å²) in [6.07, 6.45) is 6.95. The lowest BCUT2D eigenvalue weighted by Gasteiger charge is -2.43. The van der Waals surface area contributed by atoms with Crippen LogP contribution in [0.3, 0.4) is 0 Å². The van der Waals surface area contributed by atoms with Crippen LogP contribution in [0, 0.1) is 5.92 Å². The molecule has 0 aliphatic heterocycles. The molecule has 2 aliphatic carbocycles. The standard InChI is InChI=1S/C22H26N2O3S/c1-22(15-9-4-3-5-10-15)12-14-8-6-7-11-16(14)19-18(22)20(26)24-21(23-19)28-13-17(25)27-2/h6-8,11,15H,3-5,9-10,12-13H2,1-2H3,(H,23,24,26)/t22-/m0/s1. The van der Waals surface area contributed by atoms with Crippen molar-refractivity contribution in [1.82, 2.24) is 9.97 Å². The Kier molecular flexibility index (Phi) is 5.32. The molecule has 0 amide bonds. The molecule has 1 saturated carbocycles. The number of rotatable bonds is 4. The summed E-state index contributed by atoms with van der Waals surface area (Å²) in [7, 11) is 1.36. The Morgan fingerprint density at radius 1 is 1.29 bits per heavy atom. The molecule has 0 bridgehead atoms. The van der Waals surface area contributed by atoms with Crippen LogP contribution in [0.4, 0.5) is 0 Å². The molecule has 4 rings (SSSR count). The summed E-state index contributed by atoms with van der Waals surface area (Å²) >= 11 is 1.21. The molecule has 28 heavy (non-hydrogen) atoms. The molecule has 1 aromatic heterocycles. The van der Waals surface area contributed by atoms with Gasteiger partial charge in [-0.2, -0.15) is 0 Å². The summed E-state index contributed by atoms with van der Waals surface area (Å²) in [4.78, 5) is 32.5. The number of methoxy groups -OCH3 is 1. The van der Waals surface area contributed by atoms with E-state index in [2.05, 4.69) is 30.1 Å². The normalized spacial score (nSPS) is 21.6. The number of carbonyl (C=O) groups is 1. The smallest absolute Gasteiger partial charge is 0.316 e. The van der Waals surface area contributed by atoms with Gasteiger partial charge in [-0.05, 0) is 30.7 Å². The summed E-state index contributed by atoms with van der Waals surface area (Å²) in [6.45, 7) is 2.25. The fourth-order valence-corrected chi connectivity index (χ4v) is 5.60. The van der Waals surface area contributed by atoms with Crippen molar-refractivity contribution >= 4 is 17.7 Å². The minimum atomic E-state index is -0.335. The van der Waals surface area contributed by atoms with Gasteiger partial charge in [0.15, 0.2) is 5.16 Å². The fraction of sp³-hybridized carbons (Fsp3) is 0.500. The van der Waals surface area contributed by atoms with Gasteiger partial charge in [-0.3, -0.25) is 9.59 Å². The molecule has 148 valence electrons. The largest absolute Gasteiger partial charge is 0.468 e. The first-order valence-corrected chi connectivity index (χ1v) is 10.9. The number of hydrogen-bond donors (Lipinski definition) is 1. The zero-order chi connectivity index (χ0) is 19.7. The molecule has 0 radical (unpaired) electrons. The van der Waals surface area contributed by atoms with Crippen LogP contribution in [0.2, 0.25) is 0 Å². The molecule has 2 aromatic rings. The van der Waals surface area contributed by atoms with Crippen LogP contribution in [0.1, 0.15) is 50.2 Å². The monoisotopic (exact) mass is 398 g/mol. The number of ether oxygens (including phenoxy) is 1. The van der Waals surface area contributed by atoms with Crippen molar-refractivity contribution in [2.45, 2.75) is 56.0 Å². The Bertz CT molecular complexity index is 949. The summed E-state index contributed by atoms with van der Waals surface area (Å²) in [6, 6.07) is 8.26. The molecule has 0 saturated heterocycles. The maximum atomic E-state index is 13.2. The highest BCUT2D eigenvalue weighted by Crippen LogP contribution is 2.48. The van der Waals surface area contributed by atoms with E-state index in [1.165, 1.54) is 43.7 Å². The first kappa shape index (κ1) is 19.2. The topological polar surface area (TPSA) is 72.0 Å². The van der Waals surface area contributed by atoms with Gasteiger partial charge in [0.1, 0.15) is 0 Å². The van der Waals surface area contributed by atoms with Crippen molar-refractivity contribution in [2.24, 2.45) is 5.92 Å². The molecule has 1 atom stereocenters. The molecular weight excluding hydrogens is 372 g/mol. The first-order chi connectivity index (χ1) is 13.5. The Labute approximate surface area is 169 Å². The Morgan fingerprint density at radius 2 is 2.04 bits per heavy atom. The van der Waals surface area contributed by atoms with Crippen molar-refractivity contribution in [2.75, 3.05) is 12.9 Å². The Balaban J connectivity index is 1.82. The van der Waals surface area contributed by atoms with Crippen molar-refractivity contribution in [3.05, 3.63) is 45.7 Å². The number of hydrogen-bond acceptors (Lipinski definition) is 5. The van der Waals surface area contributed by atoms with Crippen LogP contribution in [-0.4, -0.2) is 28.8 Å². The highest BCUT2D eigenvalue weighted by Gasteiger charge is 2.44. The lowest BCUT2D eigenvalue weighted by atomic mass is 9.60. The predicted octanol–water partition coefficient (Wildman–Crippen LogP) is 4.10. The second kappa shape index (κ2) is 7.74. The number of nitrogens with one attached hydrogen (secondary N) is 1. The SMILES string of the molecule is COC(=O)CSc1nc2c(c(=O)[nH]1)[C@](C)(C1CCCCC1)Cc1ccccc1-2. The van der Waals surface area contributed by atoms with Crippen LogP contribution in [-0.2, 0) is 21.4 Å². The van der Waals surface area contributed by atoms with E-state index in [0.717, 1.165) is 36.1 Å². The average Bonchev–Trinajstić information content (AvgIpc) is 2.72. The number of esters is 1. The fourth-order valence-electron chi connectivity index (χ4n) is 4.91. The highest BCUT2D eigenvalue weighted by atomic mass is 32.2. The third-order valence-electron chi connectivity index (χ3n) is 6.36. The maximum absolute atomic E-state index is 13.2. The second-order valence-electron chi connectivity index (χ2n) is 8.05. The number of nitrogens with zero attached hydrogens (tertiary/aromatic N) is 1. The third-order valence-corrected chi connectivity index (χ3v) is 7.21. The van der Waals surface area contributed by atoms with Crippen LogP contribution in [0.25, 0.3) is 11.3 Å².